The fraction of sp³-hybridized carbons (Fsp3) is 0.412. The van der Waals surface area contributed by atoms with Gasteiger partial charge in [-0.1, -0.05) is 29.8 Å². The van der Waals surface area contributed by atoms with E-state index in [0.29, 0.717) is 16.4 Å². The van der Waals surface area contributed by atoms with Gasteiger partial charge in [-0.2, -0.15) is 0 Å². The number of likely N-dealkylation sites (N-methyl/N-ethyl adjacent to an activating group) is 1. The van der Waals surface area contributed by atoms with Crippen LogP contribution >= 0.6 is 22.9 Å². The summed E-state index contributed by atoms with van der Waals surface area (Å²) in [6.07, 6.45) is 0. The van der Waals surface area contributed by atoms with Crippen molar-refractivity contribution in [2.75, 3.05) is 13.1 Å². The van der Waals surface area contributed by atoms with E-state index in [1.807, 2.05) is 52.0 Å². The summed E-state index contributed by atoms with van der Waals surface area (Å²) in [5.41, 5.74) is -0.325. The molecule has 124 valence electrons. The third kappa shape index (κ3) is 4.24. The van der Waals surface area contributed by atoms with Crippen LogP contribution in [0.1, 0.15) is 37.4 Å². The fourth-order valence-corrected chi connectivity index (χ4v) is 3.73. The lowest BCUT2D eigenvalue weighted by Crippen LogP contribution is -2.47. The molecule has 0 aliphatic heterocycles. The Balaban J connectivity index is 2.22. The summed E-state index contributed by atoms with van der Waals surface area (Å²) in [6, 6.07) is 7.64. The van der Waals surface area contributed by atoms with E-state index in [1.165, 1.54) is 16.2 Å². The van der Waals surface area contributed by atoms with Crippen molar-refractivity contribution in [1.29, 1.82) is 0 Å². The van der Waals surface area contributed by atoms with Gasteiger partial charge in [-0.3, -0.25) is 9.59 Å². The molecule has 23 heavy (non-hydrogen) atoms. The molecule has 0 fully saturated rings. The molecule has 0 unspecified atom stereocenters. The molecule has 0 spiro atoms. The molecule has 0 saturated carbocycles. The van der Waals surface area contributed by atoms with E-state index in [4.69, 9.17) is 11.6 Å². The molecule has 2 amide bonds. The number of amides is 2. The molecule has 4 nitrogen and oxygen atoms in total. The molecular formula is C17H21ClN2O2S. The Bertz CT molecular complexity index is 734. The summed E-state index contributed by atoms with van der Waals surface area (Å²) in [5.74, 6) is -0.382. The highest BCUT2D eigenvalue weighted by atomic mass is 35.5. The van der Waals surface area contributed by atoms with E-state index >= 15 is 0 Å². The Morgan fingerprint density at radius 3 is 2.48 bits per heavy atom. The van der Waals surface area contributed by atoms with Gasteiger partial charge in [0.1, 0.15) is 4.88 Å². The predicted molar refractivity (Wildman–Crippen MR) is 96.3 cm³/mol. The summed E-state index contributed by atoms with van der Waals surface area (Å²) in [7, 11) is 0. The standard InChI is InChI=1S/C17H21ClN2O2S/c1-5-20(10-13(21)19-17(2,3)4)16(22)15-14(18)11-8-6-7-9-12(11)23-15/h6-9H,5,10H2,1-4H3,(H,19,21). The number of benzene rings is 1. The van der Waals surface area contributed by atoms with Crippen molar-refractivity contribution in [3.8, 4) is 0 Å². The Kier molecular flexibility index (Phi) is 5.32. The number of hydrogen-bond donors (Lipinski definition) is 1. The van der Waals surface area contributed by atoms with Crippen molar-refractivity contribution in [3.05, 3.63) is 34.2 Å². The maximum absolute atomic E-state index is 12.7. The minimum absolute atomic E-state index is 0.0250. The average Bonchev–Trinajstić information content (AvgIpc) is 2.80. The maximum Gasteiger partial charge on any atom is 0.265 e. The van der Waals surface area contributed by atoms with E-state index in [1.54, 1.807) is 0 Å². The van der Waals surface area contributed by atoms with Gasteiger partial charge >= 0.3 is 0 Å². The predicted octanol–water partition coefficient (Wildman–Crippen LogP) is 3.93. The third-order valence-electron chi connectivity index (χ3n) is 3.25. The third-order valence-corrected chi connectivity index (χ3v) is 4.91. The number of carbonyl (C=O) groups excluding carboxylic acids is 2. The number of thiophene rings is 1. The normalized spacial score (nSPS) is 11.5. The van der Waals surface area contributed by atoms with E-state index in [0.717, 1.165) is 10.1 Å². The van der Waals surface area contributed by atoms with Crippen molar-refractivity contribution >= 4 is 44.8 Å². The quantitative estimate of drug-likeness (QED) is 0.906. The number of nitrogens with one attached hydrogen (secondary N) is 1. The zero-order valence-electron chi connectivity index (χ0n) is 13.8. The number of hydrogen-bond acceptors (Lipinski definition) is 3. The van der Waals surface area contributed by atoms with Gasteiger partial charge in [0, 0.05) is 22.2 Å². The van der Waals surface area contributed by atoms with Crippen LogP contribution in [0.5, 0.6) is 0 Å². The van der Waals surface area contributed by atoms with Gasteiger partial charge < -0.3 is 10.2 Å². The molecule has 0 bridgehead atoms. The first-order chi connectivity index (χ1) is 10.7. The SMILES string of the molecule is CCN(CC(=O)NC(C)(C)C)C(=O)c1sc2ccccc2c1Cl. The smallest absolute Gasteiger partial charge is 0.265 e. The summed E-state index contributed by atoms with van der Waals surface area (Å²) in [4.78, 5) is 26.8. The Morgan fingerprint density at radius 2 is 1.91 bits per heavy atom. The number of rotatable bonds is 4. The molecule has 0 saturated heterocycles. The second-order valence-electron chi connectivity index (χ2n) is 6.36. The monoisotopic (exact) mass is 352 g/mol. The van der Waals surface area contributed by atoms with E-state index in [-0.39, 0.29) is 23.9 Å². The van der Waals surface area contributed by atoms with E-state index in [9.17, 15) is 9.59 Å². The highest BCUT2D eigenvalue weighted by Crippen LogP contribution is 2.35. The molecule has 1 heterocycles. The van der Waals surface area contributed by atoms with Crippen LogP contribution in [-0.2, 0) is 4.79 Å². The van der Waals surface area contributed by atoms with Crippen LogP contribution in [0.3, 0.4) is 0 Å². The summed E-state index contributed by atoms with van der Waals surface area (Å²) >= 11 is 7.72. The van der Waals surface area contributed by atoms with E-state index < -0.39 is 0 Å². The summed E-state index contributed by atoms with van der Waals surface area (Å²) in [6.45, 7) is 8.05. The first-order valence-electron chi connectivity index (χ1n) is 7.50. The number of carbonyl (C=O) groups is 2. The van der Waals surface area contributed by atoms with Gasteiger partial charge in [0.05, 0.1) is 11.6 Å². The van der Waals surface area contributed by atoms with Crippen LogP contribution in [0.2, 0.25) is 5.02 Å². The minimum atomic E-state index is -0.325. The van der Waals surface area contributed by atoms with E-state index in [2.05, 4.69) is 5.32 Å². The Hall–Kier alpha value is -1.59. The summed E-state index contributed by atoms with van der Waals surface area (Å²) < 4.78 is 0.969. The minimum Gasteiger partial charge on any atom is -0.350 e. The van der Waals surface area contributed by atoms with Crippen LogP contribution < -0.4 is 5.32 Å². The lowest BCUT2D eigenvalue weighted by molar-refractivity contribution is -0.123. The second kappa shape index (κ2) is 6.89. The molecule has 2 aromatic rings. The van der Waals surface area contributed by atoms with Crippen molar-refractivity contribution in [3.63, 3.8) is 0 Å². The first-order valence-corrected chi connectivity index (χ1v) is 8.69. The van der Waals surface area contributed by atoms with Gasteiger partial charge in [0.15, 0.2) is 0 Å². The largest absolute Gasteiger partial charge is 0.350 e. The number of fused-ring (bicyclic) bond motifs is 1. The fourth-order valence-electron chi connectivity index (χ4n) is 2.25. The Morgan fingerprint density at radius 1 is 1.26 bits per heavy atom. The molecule has 0 atom stereocenters. The molecule has 0 aliphatic carbocycles. The molecule has 0 radical (unpaired) electrons. The molecule has 1 N–H and O–H groups in total. The molecule has 2 rings (SSSR count). The van der Waals surface area contributed by atoms with Crippen LogP contribution in [0.25, 0.3) is 10.1 Å². The molecule has 1 aromatic carbocycles. The number of nitrogens with zero attached hydrogens (tertiary/aromatic N) is 1. The van der Waals surface area contributed by atoms with Crippen molar-refractivity contribution in [2.24, 2.45) is 0 Å². The van der Waals surface area contributed by atoms with Crippen LogP contribution in [0.15, 0.2) is 24.3 Å². The van der Waals surface area contributed by atoms with Gasteiger partial charge in [0.2, 0.25) is 5.91 Å². The Labute approximate surface area is 145 Å². The van der Waals surface area contributed by atoms with Crippen molar-refractivity contribution in [1.82, 2.24) is 10.2 Å². The molecule has 0 aliphatic rings. The second-order valence-corrected chi connectivity index (χ2v) is 7.79. The number of halogens is 1. The van der Waals surface area contributed by atoms with Crippen molar-refractivity contribution in [2.45, 2.75) is 33.2 Å². The van der Waals surface area contributed by atoms with Crippen LogP contribution in [0.4, 0.5) is 0 Å². The zero-order chi connectivity index (χ0) is 17.2. The van der Waals surface area contributed by atoms with Crippen molar-refractivity contribution < 1.29 is 9.59 Å². The first kappa shape index (κ1) is 17.8. The van der Waals surface area contributed by atoms with Crippen LogP contribution in [0, 0.1) is 0 Å². The van der Waals surface area contributed by atoms with Gasteiger partial charge in [-0.15, -0.1) is 11.3 Å². The lowest BCUT2D eigenvalue weighted by Gasteiger charge is -2.24. The average molecular weight is 353 g/mol. The zero-order valence-corrected chi connectivity index (χ0v) is 15.3. The maximum atomic E-state index is 12.7. The molecule has 6 heteroatoms. The van der Waals surface area contributed by atoms with Gasteiger partial charge in [0.25, 0.3) is 5.91 Å². The lowest BCUT2D eigenvalue weighted by atomic mass is 10.1. The molecular weight excluding hydrogens is 332 g/mol. The van der Waals surface area contributed by atoms with Gasteiger partial charge in [-0.25, -0.2) is 0 Å². The van der Waals surface area contributed by atoms with Gasteiger partial charge in [-0.05, 0) is 33.8 Å². The highest BCUT2D eigenvalue weighted by molar-refractivity contribution is 7.21. The summed E-state index contributed by atoms with van der Waals surface area (Å²) in [5, 5.41) is 4.21. The highest BCUT2D eigenvalue weighted by Gasteiger charge is 2.24. The molecule has 1 aromatic heterocycles. The van der Waals surface area contributed by atoms with Crippen LogP contribution in [-0.4, -0.2) is 35.3 Å². The topological polar surface area (TPSA) is 49.4 Å².